The van der Waals surface area contributed by atoms with Gasteiger partial charge in [-0.05, 0) is 37.1 Å². The molecule has 3 aromatic rings. The lowest BCUT2D eigenvalue weighted by Gasteiger charge is -2.22. The fourth-order valence-electron chi connectivity index (χ4n) is 3.28. The van der Waals surface area contributed by atoms with Crippen LogP contribution in [0.4, 0.5) is 4.39 Å². The van der Waals surface area contributed by atoms with E-state index in [0.29, 0.717) is 13.1 Å². The van der Waals surface area contributed by atoms with Crippen LogP contribution in [0, 0.1) is 18.7 Å². The Balaban J connectivity index is 1.63. The SMILES string of the molecule is Cc1nc2ccccc2n1CCNC(=O)C(NC(=O)c1ccccc1F)C(C)C. The number of carbonyl (C=O) groups is 2. The Morgan fingerprint density at radius 2 is 1.79 bits per heavy atom. The summed E-state index contributed by atoms with van der Waals surface area (Å²) in [7, 11) is 0. The van der Waals surface area contributed by atoms with E-state index in [9.17, 15) is 14.0 Å². The molecule has 7 heteroatoms. The number of halogens is 1. The van der Waals surface area contributed by atoms with E-state index in [-0.39, 0.29) is 17.4 Å². The highest BCUT2D eigenvalue weighted by molar-refractivity contribution is 5.97. The number of amides is 2. The summed E-state index contributed by atoms with van der Waals surface area (Å²) in [4.78, 5) is 29.6. The number of imidazole rings is 1. The van der Waals surface area contributed by atoms with Crippen LogP contribution in [-0.2, 0) is 11.3 Å². The van der Waals surface area contributed by atoms with E-state index in [0.717, 1.165) is 16.9 Å². The smallest absolute Gasteiger partial charge is 0.254 e. The van der Waals surface area contributed by atoms with Crippen LogP contribution in [0.3, 0.4) is 0 Å². The molecule has 0 saturated carbocycles. The van der Waals surface area contributed by atoms with Crippen LogP contribution in [0.1, 0.15) is 30.0 Å². The minimum absolute atomic E-state index is 0.0774. The molecule has 6 nitrogen and oxygen atoms in total. The second-order valence-corrected chi connectivity index (χ2v) is 7.27. The Morgan fingerprint density at radius 3 is 2.52 bits per heavy atom. The van der Waals surface area contributed by atoms with Crippen molar-refractivity contribution in [2.75, 3.05) is 6.54 Å². The topological polar surface area (TPSA) is 76.0 Å². The quantitative estimate of drug-likeness (QED) is 0.645. The predicted octanol–water partition coefficient (Wildman–Crippen LogP) is 3.05. The number of hydrogen-bond donors (Lipinski definition) is 2. The molecule has 2 aromatic carbocycles. The molecule has 3 rings (SSSR count). The molecule has 1 heterocycles. The first-order chi connectivity index (χ1) is 13.9. The highest BCUT2D eigenvalue weighted by atomic mass is 19.1. The maximum Gasteiger partial charge on any atom is 0.254 e. The second kappa shape index (κ2) is 8.86. The summed E-state index contributed by atoms with van der Waals surface area (Å²) in [6.07, 6.45) is 0. The third-order valence-corrected chi connectivity index (χ3v) is 4.83. The third kappa shape index (κ3) is 4.62. The van der Waals surface area contributed by atoms with Gasteiger partial charge in [-0.25, -0.2) is 9.37 Å². The van der Waals surface area contributed by atoms with Gasteiger partial charge in [-0.2, -0.15) is 0 Å². The number of fused-ring (bicyclic) bond motifs is 1. The fraction of sp³-hybridized carbons (Fsp3) is 0.318. The Hall–Kier alpha value is -3.22. The molecular formula is C22H25FN4O2. The highest BCUT2D eigenvalue weighted by Crippen LogP contribution is 2.15. The maximum atomic E-state index is 13.8. The number of carbonyl (C=O) groups excluding carboxylic acids is 2. The van der Waals surface area contributed by atoms with Crippen LogP contribution in [0.15, 0.2) is 48.5 Å². The molecule has 0 aliphatic rings. The molecule has 29 heavy (non-hydrogen) atoms. The monoisotopic (exact) mass is 396 g/mol. The molecule has 0 aliphatic carbocycles. The molecular weight excluding hydrogens is 371 g/mol. The van der Waals surface area contributed by atoms with Gasteiger partial charge < -0.3 is 15.2 Å². The number of nitrogens with zero attached hydrogens (tertiary/aromatic N) is 2. The van der Waals surface area contributed by atoms with E-state index in [1.807, 2.05) is 49.6 Å². The molecule has 152 valence electrons. The molecule has 1 aromatic heterocycles. The molecule has 0 aliphatic heterocycles. The van der Waals surface area contributed by atoms with Crippen molar-refractivity contribution in [3.8, 4) is 0 Å². The van der Waals surface area contributed by atoms with Gasteiger partial charge in [0, 0.05) is 13.1 Å². The van der Waals surface area contributed by atoms with Gasteiger partial charge in [0.25, 0.3) is 5.91 Å². The van der Waals surface area contributed by atoms with E-state index in [1.54, 1.807) is 6.07 Å². The zero-order valence-electron chi connectivity index (χ0n) is 16.8. The van der Waals surface area contributed by atoms with Crippen LogP contribution >= 0.6 is 0 Å². The molecule has 0 saturated heterocycles. The molecule has 1 atom stereocenters. The lowest BCUT2D eigenvalue weighted by atomic mass is 10.0. The van der Waals surface area contributed by atoms with E-state index in [1.165, 1.54) is 18.2 Å². The van der Waals surface area contributed by atoms with Crippen molar-refractivity contribution in [1.82, 2.24) is 20.2 Å². The van der Waals surface area contributed by atoms with Crippen molar-refractivity contribution in [2.24, 2.45) is 5.92 Å². The van der Waals surface area contributed by atoms with Crippen LogP contribution in [0.25, 0.3) is 11.0 Å². The maximum absolute atomic E-state index is 13.8. The van der Waals surface area contributed by atoms with Crippen molar-refractivity contribution >= 4 is 22.8 Å². The summed E-state index contributed by atoms with van der Waals surface area (Å²) in [6.45, 7) is 6.54. The molecule has 1 unspecified atom stereocenters. The van der Waals surface area contributed by atoms with Gasteiger partial charge in [-0.15, -0.1) is 0 Å². The third-order valence-electron chi connectivity index (χ3n) is 4.83. The van der Waals surface area contributed by atoms with Crippen molar-refractivity contribution in [2.45, 2.75) is 33.4 Å². The van der Waals surface area contributed by atoms with Gasteiger partial charge in [-0.3, -0.25) is 9.59 Å². The van der Waals surface area contributed by atoms with Crippen molar-refractivity contribution in [3.63, 3.8) is 0 Å². The second-order valence-electron chi connectivity index (χ2n) is 7.27. The first kappa shape index (κ1) is 20.5. The van der Waals surface area contributed by atoms with Crippen molar-refractivity contribution in [1.29, 1.82) is 0 Å². The van der Waals surface area contributed by atoms with Crippen LogP contribution < -0.4 is 10.6 Å². The summed E-state index contributed by atoms with van der Waals surface area (Å²) < 4.78 is 15.9. The average molecular weight is 396 g/mol. The van der Waals surface area contributed by atoms with Gasteiger partial charge in [0.05, 0.1) is 16.6 Å². The number of rotatable bonds is 7. The van der Waals surface area contributed by atoms with Gasteiger partial charge in [0.2, 0.25) is 5.91 Å². The largest absolute Gasteiger partial charge is 0.353 e. The Kier molecular flexibility index (Phi) is 6.26. The molecule has 0 radical (unpaired) electrons. The van der Waals surface area contributed by atoms with E-state index in [2.05, 4.69) is 15.6 Å². The van der Waals surface area contributed by atoms with Gasteiger partial charge >= 0.3 is 0 Å². The fourth-order valence-corrected chi connectivity index (χ4v) is 3.28. The number of nitrogens with one attached hydrogen (secondary N) is 2. The van der Waals surface area contributed by atoms with E-state index >= 15 is 0 Å². The summed E-state index contributed by atoms with van der Waals surface area (Å²) in [5.41, 5.74) is 1.84. The zero-order valence-corrected chi connectivity index (χ0v) is 16.8. The van der Waals surface area contributed by atoms with Crippen molar-refractivity contribution < 1.29 is 14.0 Å². The lowest BCUT2D eigenvalue weighted by Crippen LogP contribution is -2.50. The zero-order chi connectivity index (χ0) is 21.0. The normalized spacial score (nSPS) is 12.2. The average Bonchev–Trinajstić information content (AvgIpc) is 3.01. The van der Waals surface area contributed by atoms with Gasteiger partial charge in [0.1, 0.15) is 17.7 Å². The number of hydrogen-bond acceptors (Lipinski definition) is 3. The van der Waals surface area contributed by atoms with Crippen LogP contribution in [-0.4, -0.2) is 34.0 Å². The number of aromatic nitrogens is 2. The predicted molar refractivity (Wildman–Crippen MR) is 110 cm³/mol. The van der Waals surface area contributed by atoms with Crippen LogP contribution in [0.5, 0.6) is 0 Å². The van der Waals surface area contributed by atoms with Gasteiger partial charge in [-0.1, -0.05) is 38.1 Å². The summed E-state index contributed by atoms with van der Waals surface area (Å²) >= 11 is 0. The number of benzene rings is 2. The molecule has 2 N–H and O–H groups in total. The van der Waals surface area contributed by atoms with Gasteiger partial charge in [0.15, 0.2) is 0 Å². The van der Waals surface area contributed by atoms with E-state index < -0.39 is 17.8 Å². The number of para-hydroxylation sites is 2. The Labute approximate surface area is 169 Å². The number of aryl methyl sites for hydroxylation is 1. The first-order valence-corrected chi connectivity index (χ1v) is 9.63. The minimum atomic E-state index is -0.761. The lowest BCUT2D eigenvalue weighted by molar-refractivity contribution is -0.123. The molecule has 0 bridgehead atoms. The summed E-state index contributed by atoms with van der Waals surface area (Å²) in [5, 5.41) is 5.52. The first-order valence-electron chi connectivity index (χ1n) is 9.63. The van der Waals surface area contributed by atoms with E-state index in [4.69, 9.17) is 0 Å². The van der Waals surface area contributed by atoms with Crippen LogP contribution in [0.2, 0.25) is 0 Å². The Morgan fingerprint density at radius 1 is 1.10 bits per heavy atom. The molecule has 0 spiro atoms. The summed E-state index contributed by atoms with van der Waals surface area (Å²) in [5.74, 6) is -0.800. The standard InChI is InChI=1S/C22H25FN4O2/c1-14(2)20(26-21(28)16-8-4-5-9-17(16)23)22(29)24-12-13-27-15(3)25-18-10-6-7-11-19(18)27/h4-11,14,20H,12-13H2,1-3H3,(H,24,29)(H,26,28). The summed E-state index contributed by atoms with van der Waals surface area (Å²) in [6, 6.07) is 12.8. The molecule has 2 amide bonds. The van der Waals surface area contributed by atoms with Crippen molar-refractivity contribution in [3.05, 3.63) is 65.7 Å². The molecule has 0 fully saturated rings. The minimum Gasteiger partial charge on any atom is -0.353 e. The Bertz CT molecular complexity index is 1030. The highest BCUT2D eigenvalue weighted by Gasteiger charge is 2.25.